The number of aromatic nitrogens is 2. The van der Waals surface area contributed by atoms with Crippen molar-refractivity contribution in [3.05, 3.63) is 81.5 Å². The van der Waals surface area contributed by atoms with Gasteiger partial charge in [0.15, 0.2) is 14.9 Å². The molecule has 0 aliphatic carbocycles. The molecule has 154 valence electrons. The molecule has 3 aromatic rings. The summed E-state index contributed by atoms with van der Waals surface area (Å²) in [6.45, 7) is 1.03. The Labute approximate surface area is 170 Å². The molecule has 0 fully saturated rings. The average molecular weight is 445 g/mol. The summed E-state index contributed by atoms with van der Waals surface area (Å²) >= 11 is 5.85. The predicted octanol–water partition coefficient (Wildman–Crippen LogP) is 4.50. The molecule has 1 atom stereocenters. The molecule has 5 nitrogen and oxygen atoms in total. The van der Waals surface area contributed by atoms with Gasteiger partial charge >= 0.3 is 0 Å². The molecule has 0 saturated heterocycles. The summed E-state index contributed by atoms with van der Waals surface area (Å²) in [6, 6.07) is 7.14. The molecule has 1 N–H and O–H groups in total. The molecular weight excluding hydrogens is 429 g/mol. The Hall–Kier alpha value is -2.36. The summed E-state index contributed by atoms with van der Waals surface area (Å²) in [5.41, 5.74) is 0.278. The van der Waals surface area contributed by atoms with Crippen molar-refractivity contribution in [3.8, 4) is 0 Å². The van der Waals surface area contributed by atoms with Gasteiger partial charge in [-0.2, -0.15) is 0 Å². The van der Waals surface area contributed by atoms with Gasteiger partial charge in [-0.3, -0.25) is 0 Å². The lowest BCUT2D eigenvalue weighted by Gasteiger charge is -2.17. The van der Waals surface area contributed by atoms with Crippen molar-refractivity contribution in [3.63, 3.8) is 0 Å². The Morgan fingerprint density at radius 2 is 1.79 bits per heavy atom. The molecule has 0 spiro atoms. The second kappa shape index (κ2) is 8.17. The fourth-order valence-corrected chi connectivity index (χ4v) is 3.86. The van der Waals surface area contributed by atoms with Gasteiger partial charge in [-0.05, 0) is 36.8 Å². The maximum Gasteiger partial charge on any atom is 0.194 e. The minimum atomic E-state index is -3.63. The Morgan fingerprint density at radius 1 is 1.14 bits per heavy atom. The molecule has 10 heteroatoms. The third-order valence-electron chi connectivity index (χ3n) is 4.16. The number of benzene rings is 2. The van der Waals surface area contributed by atoms with Crippen LogP contribution < -0.4 is 0 Å². The zero-order valence-electron chi connectivity index (χ0n) is 15.3. The number of hydrogen-bond donors (Lipinski definition) is 1. The summed E-state index contributed by atoms with van der Waals surface area (Å²) in [4.78, 5) is 6.88. The lowest BCUT2D eigenvalue weighted by atomic mass is 10.1. The second-order valence-corrected chi connectivity index (χ2v) is 8.73. The smallest absolute Gasteiger partial charge is 0.194 e. The summed E-state index contributed by atoms with van der Waals surface area (Å²) in [5, 5.41) is -0.383. The summed E-state index contributed by atoms with van der Waals surface area (Å²) < 4.78 is 71.0. The second-order valence-electron chi connectivity index (χ2n) is 6.39. The number of nitrogens with zero attached hydrogens (tertiary/aromatic N) is 1. The van der Waals surface area contributed by atoms with Gasteiger partial charge in [0.25, 0.3) is 0 Å². The number of aromatic amines is 1. The summed E-state index contributed by atoms with van der Waals surface area (Å²) in [7, 11) is -3.63. The molecule has 0 radical (unpaired) electrons. The van der Waals surface area contributed by atoms with Gasteiger partial charge in [0.2, 0.25) is 0 Å². The molecule has 29 heavy (non-hydrogen) atoms. The first-order valence-electron chi connectivity index (χ1n) is 8.34. The van der Waals surface area contributed by atoms with Gasteiger partial charge < -0.3 is 9.72 Å². The summed E-state index contributed by atoms with van der Waals surface area (Å²) in [5.74, 6) is -2.19. The van der Waals surface area contributed by atoms with Crippen molar-refractivity contribution in [1.29, 1.82) is 0 Å². The minimum absolute atomic E-state index is 0.0716. The molecule has 0 aliphatic rings. The predicted molar refractivity (Wildman–Crippen MR) is 101 cm³/mol. The van der Waals surface area contributed by atoms with Crippen molar-refractivity contribution < 1.29 is 26.3 Å². The van der Waals surface area contributed by atoms with Crippen molar-refractivity contribution >= 4 is 21.4 Å². The molecular formula is C19H16ClF3N2O3S. The van der Waals surface area contributed by atoms with Gasteiger partial charge in [-0.15, -0.1) is 0 Å². The van der Waals surface area contributed by atoms with Crippen LogP contribution in [0.5, 0.6) is 0 Å². The first-order valence-corrected chi connectivity index (χ1v) is 10.6. The average Bonchev–Trinajstić information content (AvgIpc) is 3.02. The maximum absolute atomic E-state index is 14.0. The van der Waals surface area contributed by atoms with Crippen LogP contribution in [-0.2, 0) is 21.2 Å². The van der Waals surface area contributed by atoms with E-state index in [-0.39, 0.29) is 27.1 Å². The summed E-state index contributed by atoms with van der Waals surface area (Å²) in [6.07, 6.45) is -0.0828. The SMILES string of the molecule is Cc1[nH]c([C@@H](OCc2c(F)cccc2F)c2ccc(F)c(Cl)c2)nc1S(C)(=O)=O. The van der Waals surface area contributed by atoms with E-state index >= 15 is 0 Å². The molecule has 2 aromatic carbocycles. The standard InChI is InChI=1S/C19H16ClF3N2O3S/c1-10-19(29(2,26)27)25-18(24-10)17(11-6-7-16(23)13(20)8-11)28-9-12-14(21)4-3-5-15(12)22/h3-8,17H,9H2,1-2H3,(H,24,25)/t17-/m0/s1. The van der Waals surface area contributed by atoms with Gasteiger partial charge in [0.1, 0.15) is 29.4 Å². The third kappa shape index (κ3) is 4.63. The highest BCUT2D eigenvalue weighted by Crippen LogP contribution is 2.30. The Bertz CT molecular complexity index is 1150. The Balaban J connectivity index is 2.04. The van der Waals surface area contributed by atoms with E-state index in [1.807, 2.05) is 0 Å². The highest BCUT2D eigenvalue weighted by Gasteiger charge is 2.25. The zero-order chi connectivity index (χ0) is 21.3. The molecule has 0 bridgehead atoms. The van der Waals surface area contributed by atoms with Crippen molar-refractivity contribution in [2.45, 2.75) is 24.7 Å². The van der Waals surface area contributed by atoms with Crippen LogP contribution in [0.15, 0.2) is 41.4 Å². The van der Waals surface area contributed by atoms with Crippen LogP contribution in [0.2, 0.25) is 5.02 Å². The fraction of sp³-hybridized carbons (Fsp3) is 0.211. The Kier molecular flexibility index (Phi) is 6.02. The quantitative estimate of drug-likeness (QED) is 0.607. The van der Waals surface area contributed by atoms with E-state index < -0.39 is 40.0 Å². The van der Waals surface area contributed by atoms with Crippen molar-refractivity contribution in [2.75, 3.05) is 6.26 Å². The Morgan fingerprint density at radius 3 is 2.34 bits per heavy atom. The normalized spacial score (nSPS) is 12.9. The molecule has 0 aliphatic heterocycles. The van der Waals surface area contributed by atoms with Gasteiger partial charge in [-0.1, -0.05) is 23.7 Å². The molecule has 0 unspecified atom stereocenters. The number of sulfone groups is 1. The fourth-order valence-electron chi connectivity index (χ4n) is 2.80. The molecule has 1 aromatic heterocycles. The minimum Gasteiger partial charge on any atom is -0.361 e. The van der Waals surface area contributed by atoms with Crippen LogP contribution >= 0.6 is 11.6 Å². The van der Waals surface area contributed by atoms with E-state index in [2.05, 4.69) is 9.97 Å². The van der Waals surface area contributed by atoms with E-state index in [1.165, 1.54) is 25.1 Å². The van der Waals surface area contributed by atoms with Crippen LogP contribution in [-0.4, -0.2) is 24.6 Å². The zero-order valence-corrected chi connectivity index (χ0v) is 16.9. The number of ether oxygens (including phenoxy) is 1. The molecule has 0 amide bonds. The van der Waals surface area contributed by atoms with Gasteiger partial charge in [-0.25, -0.2) is 26.6 Å². The topological polar surface area (TPSA) is 72.0 Å². The largest absolute Gasteiger partial charge is 0.361 e. The van der Waals surface area contributed by atoms with E-state index in [0.29, 0.717) is 5.56 Å². The third-order valence-corrected chi connectivity index (χ3v) is 5.55. The highest BCUT2D eigenvalue weighted by molar-refractivity contribution is 7.90. The van der Waals surface area contributed by atoms with Crippen LogP contribution in [0.3, 0.4) is 0 Å². The highest BCUT2D eigenvalue weighted by atomic mass is 35.5. The maximum atomic E-state index is 14.0. The molecule has 0 saturated carbocycles. The van der Waals surface area contributed by atoms with Crippen LogP contribution in [0.1, 0.15) is 28.7 Å². The first-order chi connectivity index (χ1) is 13.6. The van der Waals surface area contributed by atoms with Gasteiger partial charge in [0.05, 0.1) is 17.3 Å². The number of nitrogens with one attached hydrogen (secondary N) is 1. The van der Waals surface area contributed by atoms with Gasteiger partial charge in [0, 0.05) is 11.8 Å². The monoisotopic (exact) mass is 444 g/mol. The van der Waals surface area contributed by atoms with E-state index in [4.69, 9.17) is 16.3 Å². The number of H-pyrrole nitrogens is 1. The number of hydrogen-bond acceptors (Lipinski definition) is 4. The van der Waals surface area contributed by atoms with Crippen LogP contribution in [0, 0.1) is 24.4 Å². The van der Waals surface area contributed by atoms with E-state index in [0.717, 1.165) is 24.5 Å². The van der Waals surface area contributed by atoms with Crippen molar-refractivity contribution in [1.82, 2.24) is 9.97 Å². The van der Waals surface area contributed by atoms with E-state index in [1.54, 1.807) is 0 Å². The van der Waals surface area contributed by atoms with Crippen LogP contribution in [0.25, 0.3) is 0 Å². The number of aryl methyl sites for hydroxylation is 1. The molecule has 1 heterocycles. The van der Waals surface area contributed by atoms with Crippen molar-refractivity contribution in [2.24, 2.45) is 0 Å². The lowest BCUT2D eigenvalue weighted by Crippen LogP contribution is -2.11. The first kappa shape index (κ1) is 21.4. The van der Waals surface area contributed by atoms with Crippen LogP contribution in [0.4, 0.5) is 13.2 Å². The number of rotatable bonds is 6. The molecule has 3 rings (SSSR count). The number of halogens is 4. The number of imidazole rings is 1. The lowest BCUT2D eigenvalue weighted by molar-refractivity contribution is 0.0576. The van der Waals surface area contributed by atoms with E-state index in [9.17, 15) is 21.6 Å².